The number of phenolic OH excluding ortho intramolecular Hbond substituents is 1. The summed E-state index contributed by atoms with van der Waals surface area (Å²) < 4.78 is 30.7. The number of carbonyl (C=O) groups is 3. The maximum Gasteiger partial charge on any atom is 0.410 e. The Bertz CT molecular complexity index is 1460. The lowest BCUT2D eigenvalue weighted by atomic mass is 10.00. The van der Waals surface area contributed by atoms with Crippen molar-refractivity contribution in [3.8, 4) is 5.75 Å². The topological polar surface area (TPSA) is 144 Å². The van der Waals surface area contributed by atoms with Crippen LogP contribution in [0, 0.1) is 5.92 Å². The van der Waals surface area contributed by atoms with E-state index in [4.69, 9.17) is 13.8 Å². The van der Waals surface area contributed by atoms with Gasteiger partial charge >= 0.3 is 13.7 Å². The fourth-order valence-corrected chi connectivity index (χ4v) is 6.99. The second kappa shape index (κ2) is 18.2. The highest BCUT2D eigenvalue weighted by molar-refractivity contribution is 7.54. The van der Waals surface area contributed by atoms with E-state index < -0.39 is 43.4 Å². The Hall–Kier alpha value is -4.18. The maximum atomic E-state index is 14.0. The van der Waals surface area contributed by atoms with Gasteiger partial charge in [0.15, 0.2) is 0 Å². The highest BCUT2D eigenvalue weighted by Crippen LogP contribution is 2.53. The monoisotopic (exact) mass is 667 g/mol. The first-order valence-electron chi connectivity index (χ1n) is 15.7. The molecule has 3 N–H and O–H groups in total. The van der Waals surface area contributed by atoms with Crippen molar-refractivity contribution in [2.45, 2.75) is 65.0 Å². The van der Waals surface area contributed by atoms with Gasteiger partial charge in [0.05, 0.1) is 13.2 Å². The van der Waals surface area contributed by atoms with Gasteiger partial charge in [-0.2, -0.15) is 0 Å². The fraction of sp³-hybridized carbons (Fsp3) is 0.400. The van der Waals surface area contributed by atoms with Crippen LogP contribution in [0.3, 0.4) is 0 Å². The van der Waals surface area contributed by atoms with E-state index in [-0.39, 0.29) is 44.3 Å². The molecular formula is C35H46N3O8P. The zero-order valence-electron chi connectivity index (χ0n) is 27.6. The second-order valence-electron chi connectivity index (χ2n) is 11.4. The maximum absolute atomic E-state index is 14.0. The molecule has 254 valence electrons. The van der Waals surface area contributed by atoms with Crippen LogP contribution < -0.4 is 10.6 Å². The molecule has 0 saturated carbocycles. The lowest BCUT2D eigenvalue weighted by Crippen LogP contribution is -2.57. The van der Waals surface area contributed by atoms with Gasteiger partial charge in [-0.1, -0.05) is 86.6 Å². The molecule has 12 heteroatoms. The molecule has 3 amide bonds. The van der Waals surface area contributed by atoms with E-state index in [0.29, 0.717) is 5.56 Å². The van der Waals surface area contributed by atoms with E-state index >= 15 is 0 Å². The van der Waals surface area contributed by atoms with Crippen LogP contribution in [0.1, 0.15) is 44.4 Å². The first-order valence-corrected chi connectivity index (χ1v) is 17.3. The van der Waals surface area contributed by atoms with Crippen molar-refractivity contribution < 1.29 is 37.8 Å². The van der Waals surface area contributed by atoms with Crippen LogP contribution in [0.5, 0.6) is 5.75 Å². The molecule has 0 bridgehead atoms. The number of aromatic hydroxyl groups is 1. The van der Waals surface area contributed by atoms with E-state index in [1.165, 1.54) is 24.1 Å². The number of hydrogen-bond donors (Lipinski definition) is 3. The van der Waals surface area contributed by atoms with Crippen molar-refractivity contribution in [1.29, 1.82) is 0 Å². The average Bonchev–Trinajstić information content (AvgIpc) is 3.05. The lowest BCUT2D eigenvalue weighted by molar-refractivity contribution is -0.132. The normalized spacial score (nSPS) is 13.3. The summed E-state index contributed by atoms with van der Waals surface area (Å²) >= 11 is 0. The number of amides is 3. The molecule has 0 spiro atoms. The molecule has 3 rings (SSSR count). The van der Waals surface area contributed by atoms with E-state index in [2.05, 4.69) is 10.6 Å². The summed E-state index contributed by atoms with van der Waals surface area (Å²) in [6.45, 7) is 7.14. The van der Waals surface area contributed by atoms with Crippen molar-refractivity contribution >= 4 is 25.5 Å². The largest absolute Gasteiger partial charge is 0.508 e. The molecule has 3 atom stereocenters. The van der Waals surface area contributed by atoms with Crippen LogP contribution >= 0.6 is 7.60 Å². The van der Waals surface area contributed by atoms with Crippen molar-refractivity contribution in [3.05, 3.63) is 102 Å². The number of nitrogens with zero attached hydrogens (tertiary/aromatic N) is 1. The van der Waals surface area contributed by atoms with Crippen LogP contribution in [-0.2, 0) is 47.4 Å². The molecule has 3 aromatic rings. The number of phenols is 1. The third kappa shape index (κ3) is 11.2. The van der Waals surface area contributed by atoms with Gasteiger partial charge in [-0.3, -0.25) is 19.1 Å². The first kappa shape index (κ1) is 37.3. The molecule has 0 fully saturated rings. The molecule has 0 heterocycles. The molecule has 0 aliphatic rings. The zero-order valence-corrected chi connectivity index (χ0v) is 28.5. The first-order chi connectivity index (χ1) is 22.5. The molecule has 47 heavy (non-hydrogen) atoms. The number of nitrogens with one attached hydrogen (secondary N) is 2. The van der Waals surface area contributed by atoms with Crippen molar-refractivity contribution in [1.82, 2.24) is 15.5 Å². The molecule has 0 radical (unpaired) electrons. The Morgan fingerprint density at radius 1 is 0.766 bits per heavy atom. The Kier molecular flexibility index (Phi) is 14.5. The molecule has 1 unspecified atom stereocenters. The van der Waals surface area contributed by atoms with Crippen LogP contribution in [0.25, 0.3) is 0 Å². The number of hydrogen-bond acceptors (Lipinski definition) is 8. The second-order valence-corrected chi connectivity index (χ2v) is 13.6. The predicted molar refractivity (Wildman–Crippen MR) is 180 cm³/mol. The smallest absolute Gasteiger partial charge is 0.410 e. The van der Waals surface area contributed by atoms with Gasteiger partial charge < -0.3 is 29.5 Å². The average molecular weight is 668 g/mol. The van der Waals surface area contributed by atoms with Crippen LogP contribution in [0.4, 0.5) is 4.79 Å². The quantitative estimate of drug-likeness (QED) is 0.157. The summed E-state index contributed by atoms with van der Waals surface area (Å²) in [7, 11) is -2.41. The van der Waals surface area contributed by atoms with Crippen molar-refractivity contribution in [2.75, 3.05) is 20.3 Å². The van der Waals surface area contributed by atoms with Gasteiger partial charge in [0.2, 0.25) is 11.8 Å². The Morgan fingerprint density at radius 2 is 1.30 bits per heavy atom. The lowest BCUT2D eigenvalue weighted by Gasteiger charge is -2.32. The van der Waals surface area contributed by atoms with E-state index in [0.717, 1.165) is 11.1 Å². The summed E-state index contributed by atoms with van der Waals surface area (Å²) in [4.78, 5) is 42.1. The molecule has 0 aliphatic carbocycles. The highest BCUT2D eigenvalue weighted by Gasteiger charge is 2.39. The standard InChI is InChI=1S/C35H46N3O8P/c1-6-45-47(43,46-7-2)31(23-27-18-20-29(39)21-19-27)37-33(40)30(22-26-14-10-8-11-15-26)36-34(41)32(25(3)4)38(5)35(42)44-24-28-16-12-9-13-17-28/h8-21,25,30-32,39H,6-7,22-24H2,1-5H3,(H,36,41)(H,37,40)/t30-,31?,32-/m0/s1. The van der Waals surface area contributed by atoms with E-state index in [1.54, 1.807) is 39.8 Å². The van der Waals surface area contributed by atoms with Gasteiger partial charge in [0.25, 0.3) is 0 Å². The molecular weight excluding hydrogens is 621 g/mol. The summed E-state index contributed by atoms with van der Waals surface area (Å²) in [5.74, 6) is -2.54. The number of likely N-dealkylation sites (N-methyl/N-ethyl adjacent to an activating group) is 1. The minimum atomic E-state index is -3.89. The molecule has 0 aromatic heterocycles. The third-order valence-corrected chi connectivity index (χ3v) is 9.71. The van der Waals surface area contributed by atoms with Gasteiger partial charge in [0, 0.05) is 19.9 Å². The van der Waals surface area contributed by atoms with Crippen LogP contribution in [0.15, 0.2) is 84.9 Å². The predicted octanol–water partition coefficient (Wildman–Crippen LogP) is 5.66. The zero-order chi connectivity index (χ0) is 34.4. The molecule has 3 aromatic carbocycles. The highest BCUT2D eigenvalue weighted by atomic mass is 31.2. The molecule has 0 saturated heterocycles. The van der Waals surface area contributed by atoms with Gasteiger partial charge in [-0.15, -0.1) is 0 Å². The minimum absolute atomic E-state index is 0.0393. The summed E-state index contributed by atoms with van der Waals surface area (Å²) in [5.41, 5.74) is 2.25. The van der Waals surface area contributed by atoms with E-state index in [1.807, 2.05) is 60.7 Å². The Labute approximate surface area is 277 Å². The number of carbonyl (C=O) groups excluding carboxylic acids is 3. The van der Waals surface area contributed by atoms with Gasteiger partial charge in [-0.25, -0.2) is 4.79 Å². The third-order valence-electron chi connectivity index (χ3n) is 7.40. The number of benzene rings is 3. The summed E-state index contributed by atoms with van der Waals surface area (Å²) in [6.07, 6.45) is -0.500. The van der Waals surface area contributed by atoms with Crippen LogP contribution in [0.2, 0.25) is 0 Å². The SMILES string of the molecule is CCOP(=O)(OCC)C(Cc1ccc(O)cc1)NC(=O)[C@H](Cc1ccccc1)NC(=O)[C@H](C(C)C)N(C)C(=O)OCc1ccccc1. The minimum Gasteiger partial charge on any atom is -0.508 e. The van der Waals surface area contributed by atoms with Gasteiger partial charge in [-0.05, 0) is 48.6 Å². The summed E-state index contributed by atoms with van der Waals surface area (Å²) in [5, 5.41) is 15.4. The fourth-order valence-electron chi connectivity index (χ4n) is 5.12. The molecule has 0 aliphatic heterocycles. The van der Waals surface area contributed by atoms with Crippen LogP contribution in [-0.4, -0.2) is 66.0 Å². The molecule has 11 nitrogen and oxygen atoms in total. The van der Waals surface area contributed by atoms with Crippen molar-refractivity contribution in [2.24, 2.45) is 5.92 Å². The van der Waals surface area contributed by atoms with Crippen molar-refractivity contribution in [3.63, 3.8) is 0 Å². The van der Waals surface area contributed by atoms with E-state index in [9.17, 15) is 24.1 Å². The number of rotatable bonds is 17. The Morgan fingerprint density at radius 3 is 1.83 bits per heavy atom. The summed E-state index contributed by atoms with van der Waals surface area (Å²) in [6, 6.07) is 22.6. The van der Waals surface area contributed by atoms with Gasteiger partial charge in [0.1, 0.15) is 30.2 Å². The number of ether oxygens (including phenoxy) is 1. The Balaban J connectivity index is 1.87.